The Morgan fingerprint density at radius 3 is 2.50 bits per heavy atom. The first-order valence-corrected chi connectivity index (χ1v) is 7.05. The first kappa shape index (κ1) is 13.3. The lowest BCUT2D eigenvalue weighted by atomic mass is 10.1. The van der Waals surface area contributed by atoms with E-state index in [9.17, 15) is 4.79 Å². The third-order valence-electron chi connectivity index (χ3n) is 2.54. The minimum Gasteiger partial charge on any atom is -0.293 e. The van der Waals surface area contributed by atoms with Crippen molar-refractivity contribution in [3.63, 3.8) is 0 Å². The van der Waals surface area contributed by atoms with Crippen molar-refractivity contribution in [2.75, 3.05) is 5.75 Å². The molecule has 0 heterocycles. The van der Waals surface area contributed by atoms with E-state index >= 15 is 0 Å². The van der Waals surface area contributed by atoms with Crippen LogP contribution in [0, 0.1) is 0 Å². The number of thioether (sulfide) groups is 1. The van der Waals surface area contributed by atoms with E-state index in [1.165, 1.54) is 12.8 Å². The topological polar surface area (TPSA) is 17.1 Å². The lowest BCUT2D eigenvalue weighted by Crippen LogP contribution is -2.17. The second kappa shape index (κ2) is 7.50. The van der Waals surface area contributed by atoms with Gasteiger partial charge < -0.3 is 0 Å². The van der Waals surface area contributed by atoms with Gasteiger partial charge in [0.05, 0.1) is 5.25 Å². The summed E-state index contributed by atoms with van der Waals surface area (Å²) >= 11 is 1.80. The predicted octanol–water partition coefficient (Wildman–Crippen LogP) is 4.18. The number of rotatable bonds is 7. The van der Waals surface area contributed by atoms with Crippen molar-refractivity contribution in [3.05, 3.63) is 35.9 Å². The van der Waals surface area contributed by atoms with Crippen LogP contribution >= 0.6 is 11.8 Å². The van der Waals surface area contributed by atoms with Gasteiger partial charge in [0.15, 0.2) is 5.78 Å². The fraction of sp³-hybridized carbons (Fsp3) is 0.500. The van der Waals surface area contributed by atoms with Crippen LogP contribution in [0.4, 0.5) is 0 Å². The highest BCUT2D eigenvalue weighted by Gasteiger charge is 2.17. The molecule has 0 radical (unpaired) electrons. The Balaban J connectivity index is 2.56. The maximum Gasteiger partial charge on any atom is 0.175 e. The summed E-state index contributed by atoms with van der Waals surface area (Å²) in [6, 6.07) is 9.62. The molecule has 1 atom stereocenters. The molecule has 88 valence electrons. The normalized spacial score (nSPS) is 12.4. The summed E-state index contributed by atoms with van der Waals surface area (Å²) in [5.74, 6) is 1.37. The smallest absolute Gasteiger partial charge is 0.175 e. The van der Waals surface area contributed by atoms with Gasteiger partial charge in [0.2, 0.25) is 0 Å². The van der Waals surface area contributed by atoms with E-state index in [1.54, 1.807) is 11.8 Å². The molecule has 0 fully saturated rings. The van der Waals surface area contributed by atoms with Crippen molar-refractivity contribution in [2.24, 2.45) is 0 Å². The van der Waals surface area contributed by atoms with Crippen LogP contribution in [0.1, 0.15) is 43.5 Å². The first-order chi connectivity index (χ1) is 7.79. The third kappa shape index (κ3) is 4.01. The Bertz CT molecular complexity index is 308. The molecule has 1 aromatic carbocycles. The number of unbranched alkanes of at least 4 members (excludes halogenated alkanes) is 1. The second-order valence-corrected chi connectivity index (χ2v) is 5.16. The quantitative estimate of drug-likeness (QED) is 0.522. The zero-order valence-electron chi connectivity index (χ0n) is 10.1. The Labute approximate surface area is 103 Å². The molecule has 0 aromatic heterocycles. The Morgan fingerprint density at radius 2 is 1.94 bits per heavy atom. The van der Waals surface area contributed by atoms with Gasteiger partial charge in [-0.15, -0.1) is 0 Å². The van der Waals surface area contributed by atoms with Crippen molar-refractivity contribution in [3.8, 4) is 0 Å². The van der Waals surface area contributed by atoms with Gasteiger partial charge in [-0.2, -0.15) is 11.8 Å². The Hall–Kier alpha value is -0.760. The Kier molecular flexibility index (Phi) is 6.24. The SMILES string of the molecule is CCCCSC(CC)C(=O)c1ccccc1. The molecule has 2 heteroatoms. The van der Waals surface area contributed by atoms with Crippen LogP contribution in [0.25, 0.3) is 0 Å². The summed E-state index contributed by atoms with van der Waals surface area (Å²) in [7, 11) is 0. The van der Waals surface area contributed by atoms with Crippen molar-refractivity contribution in [1.82, 2.24) is 0 Å². The molecule has 0 aliphatic heterocycles. The van der Waals surface area contributed by atoms with E-state index in [2.05, 4.69) is 13.8 Å². The lowest BCUT2D eigenvalue weighted by Gasteiger charge is -2.13. The molecule has 16 heavy (non-hydrogen) atoms. The maximum atomic E-state index is 12.1. The molecular formula is C14H20OS. The van der Waals surface area contributed by atoms with Crippen molar-refractivity contribution >= 4 is 17.5 Å². The van der Waals surface area contributed by atoms with Crippen LogP contribution in [0.3, 0.4) is 0 Å². The van der Waals surface area contributed by atoms with Crippen LogP contribution in [-0.2, 0) is 0 Å². The molecule has 0 bridgehead atoms. The largest absolute Gasteiger partial charge is 0.293 e. The van der Waals surface area contributed by atoms with Crippen LogP contribution in [0.2, 0.25) is 0 Å². The highest BCUT2D eigenvalue weighted by atomic mass is 32.2. The van der Waals surface area contributed by atoms with Gasteiger partial charge >= 0.3 is 0 Å². The summed E-state index contributed by atoms with van der Waals surface area (Å²) in [6.45, 7) is 4.27. The molecule has 0 spiro atoms. The van der Waals surface area contributed by atoms with Crippen molar-refractivity contribution in [1.29, 1.82) is 0 Å². The minimum atomic E-state index is 0.133. The molecule has 0 amide bonds. The number of hydrogen-bond acceptors (Lipinski definition) is 2. The molecule has 1 nitrogen and oxygen atoms in total. The van der Waals surface area contributed by atoms with Crippen LogP contribution < -0.4 is 0 Å². The predicted molar refractivity (Wildman–Crippen MR) is 72.2 cm³/mol. The van der Waals surface area contributed by atoms with Gasteiger partial charge in [-0.1, -0.05) is 50.6 Å². The highest BCUT2D eigenvalue weighted by molar-refractivity contribution is 8.00. The number of carbonyl (C=O) groups is 1. The molecule has 0 aliphatic carbocycles. The van der Waals surface area contributed by atoms with Gasteiger partial charge in [0.25, 0.3) is 0 Å². The number of carbonyl (C=O) groups excluding carboxylic acids is 1. The van der Waals surface area contributed by atoms with Gasteiger partial charge in [0.1, 0.15) is 0 Å². The van der Waals surface area contributed by atoms with Crippen molar-refractivity contribution < 1.29 is 4.79 Å². The van der Waals surface area contributed by atoms with Crippen LogP contribution in [0.15, 0.2) is 30.3 Å². The van der Waals surface area contributed by atoms with Gasteiger partial charge in [-0.05, 0) is 18.6 Å². The van der Waals surface area contributed by atoms with Crippen LogP contribution in [-0.4, -0.2) is 16.8 Å². The average molecular weight is 236 g/mol. The summed E-state index contributed by atoms with van der Waals surface area (Å²) in [5, 5.41) is 0.133. The highest BCUT2D eigenvalue weighted by Crippen LogP contribution is 2.20. The molecule has 1 rings (SSSR count). The van der Waals surface area contributed by atoms with Crippen molar-refractivity contribution in [2.45, 2.75) is 38.4 Å². The van der Waals surface area contributed by atoms with E-state index in [1.807, 2.05) is 30.3 Å². The maximum absolute atomic E-state index is 12.1. The summed E-state index contributed by atoms with van der Waals surface area (Å²) in [6.07, 6.45) is 3.31. The Morgan fingerprint density at radius 1 is 1.25 bits per heavy atom. The zero-order valence-corrected chi connectivity index (χ0v) is 10.9. The summed E-state index contributed by atoms with van der Waals surface area (Å²) < 4.78 is 0. The fourth-order valence-corrected chi connectivity index (χ4v) is 2.80. The summed E-state index contributed by atoms with van der Waals surface area (Å²) in [4.78, 5) is 12.1. The van der Waals surface area contributed by atoms with Gasteiger partial charge in [0, 0.05) is 5.56 Å². The third-order valence-corrected chi connectivity index (χ3v) is 4.01. The van der Waals surface area contributed by atoms with Crippen LogP contribution in [0.5, 0.6) is 0 Å². The van der Waals surface area contributed by atoms with E-state index in [0.717, 1.165) is 17.7 Å². The van der Waals surface area contributed by atoms with Gasteiger partial charge in [-0.3, -0.25) is 4.79 Å². The molecule has 1 unspecified atom stereocenters. The monoisotopic (exact) mass is 236 g/mol. The molecule has 0 saturated heterocycles. The fourth-order valence-electron chi connectivity index (χ4n) is 1.54. The zero-order chi connectivity index (χ0) is 11.8. The number of ketones is 1. The second-order valence-electron chi connectivity index (χ2n) is 3.85. The minimum absolute atomic E-state index is 0.133. The number of Topliss-reactive ketones (excluding diaryl/α,β-unsaturated/α-hetero) is 1. The lowest BCUT2D eigenvalue weighted by molar-refractivity contribution is 0.0988. The number of hydrogen-bond donors (Lipinski definition) is 0. The molecule has 0 aliphatic rings. The van der Waals surface area contributed by atoms with E-state index in [0.29, 0.717) is 0 Å². The van der Waals surface area contributed by atoms with E-state index < -0.39 is 0 Å². The first-order valence-electron chi connectivity index (χ1n) is 6.00. The molecular weight excluding hydrogens is 216 g/mol. The molecule has 0 N–H and O–H groups in total. The molecule has 1 aromatic rings. The van der Waals surface area contributed by atoms with Gasteiger partial charge in [-0.25, -0.2) is 0 Å². The summed E-state index contributed by atoms with van der Waals surface area (Å²) in [5.41, 5.74) is 0.846. The van der Waals surface area contributed by atoms with E-state index in [-0.39, 0.29) is 11.0 Å². The molecule has 0 saturated carbocycles. The average Bonchev–Trinajstić information content (AvgIpc) is 2.35. The number of benzene rings is 1. The standard InChI is InChI=1S/C14H20OS/c1-3-5-11-16-13(4-2)14(15)12-9-7-6-8-10-12/h6-10,13H,3-5,11H2,1-2H3. The van der Waals surface area contributed by atoms with E-state index in [4.69, 9.17) is 0 Å².